The van der Waals surface area contributed by atoms with Crippen LogP contribution in [0.1, 0.15) is 0 Å². The van der Waals surface area contributed by atoms with Gasteiger partial charge in [-0.25, -0.2) is 4.79 Å². The molecule has 0 fully saturated rings. The van der Waals surface area contributed by atoms with E-state index in [4.69, 9.17) is 17.3 Å². The molecule has 0 aliphatic rings. The molecule has 2 aromatic rings. The summed E-state index contributed by atoms with van der Waals surface area (Å²) in [6, 6.07) is 9.50. The summed E-state index contributed by atoms with van der Waals surface area (Å²) < 4.78 is 0. The van der Waals surface area contributed by atoms with Crippen LogP contribution in [0.5, 0.6) is 11.5 Å². The number of nitrogens with zero attached hydrogens (tertiary/aromatic N) is 1. The number of urea groups is 1. The van der Waals surface area contributed by atoms with Crippen molar-refractivity contribution >= 4 is 29.0 Å². The Morgan fingerprint density at radius 2 is 1.68 bits per heavy atom. The fourth-order valence-electron chi connectivity index (χ4n) is 1.70. The van der Waals surface area contributed by atoms with Crippen molar-refractivity contribution in [3.05, 3.63) is 47.5 Å². The van der Waals surface area contributed by atoms with Crippen LogP contribution in [-0.2, 0) is 0 Å². The second kappa shape index (κ2) is 5.07. The molecule has 19 heavy (non-hydrogen) atoms. The summed E-state index contributed by atoms with van der Waals surface area (Å²) in [6.07, 6.45) is 0. The second-order valence-electron chi connectivity index (χ2n) is 3.80. The van der Waals surface area contributed by atoms with Crippen molar-refractivity contribution in [2.75, 3.05) is 4.90 Å². The number of rotatable bonds is 2. The Labute approximate surface area is 114 Å². The molecule has 0 saturated carbocycles. The zero-order valence-electron chi connectivity index (χ0n) is 9.75. The molecule has 2 amide bonds. The zero-order chi connectivity index (χ0) is 14.0. The van der Waals surface area contributed by atoms with Crippen LogP contribution in [-0.4, -0.2) is 16.2 Å². The van der Waals surface area contributed by atoms with Gasteiger partial charge < -0.3 is 15.9 Å². The number of anilines is 2. The summed E-state index contributed by atoms with van der Waals surface area (Å²) in [4.78, 5) is 12.6. The Morgan fingerprint density at radius 1 is 1.05 bits per heavy atom. The van der Waals surface area contributed by atoms with E-state index in [0.29, 0.717) is 5.02 Å². The highest BCUT2D eigenvalue weighted by atomic mass is 35.5. The van der Waals surface area contributed by atoms with E-state index in [1.54, 1.807) is 12.1 Å². The van der Waals surface area contributed by atoms with Gasteiger partial charge >= 0.3 is 6.03 Å². The second-order valence-corrected chi connectivity index (χ2v) is 4.23. The van der Waals surface area contributed by atoms with Gasteiger partial charge in [0, 0.05) is 5.02 Å². The standard InChI is InChI=1S/C13H11ClN2O3/c14-8-5-6-12(18)10(7-8)16(13(15)19)9-3-1-2-4-11(9)17/h1-7,17-18H,(H2,15,19). The van der Waals surface area contributed by atoms with Crippen LogP contribution in [0.4, 0.5) is 16.2 Å². The average Bonchev–Trinajstić information content (AvgIpc) is 2.36. The number of aromatic hydroxyl groups is 2. The van der Waals surface area contributed by atoms with E-state index in [2.05, 4.69) is 0 Å². The van der Waals surface area contributed by atoms with Gasteiger partial charge in [-0.1, -0.05) is 23.7 Å². The number of hydrogen-bond donors (Lipinski definition) is 3. The fourth-order valence-corrected chi connectivity index (χ4v) is 1.86. The Morgan fingerprint density at radius 3 is 2.32 bits per heavy atom. The number of phenolic OH excluding ortho intramolecular Hbond substituents is 2. The molecule has 6 heteroatoms. The maximum Gasteiger partial charge on any atom is 0.324 e. The molecule has 0 heterocycles. The number of primary amides is 1. The molecule has 4 N–H and O–H groups in total. The van der Waals surface area contributed by atoms with Crippen LogP contribution >= 0.6 is 11.6 Å². The van der Waals surface area contributed by atoms with E-state index >= 15 is 0 Å². The third kappa shape index (κ3) is 2.56. The van der Waals surface area contributed by atoms with Gasteiger partial charge in [0.15, 0.2) is 0 Å². The summed E-state index contributed by atoms with van der Waals surface area (Å²) >= 11 is 5.84. The van der Waals surface area contributed by atoms with Gasteiger partial charge in [-0.2, -0.15) is 0 Å². The normalized spacial score (nSPS) is 10.2. The topological polar surface area (TPSA) is 86.8 Å². The van der Waals surface area contributed by atoms with Crippen molar-refractivity contribution in [2.45, 2.75) is 0 Å². The van der Waals surface area contributed by atoms with E-state index in [1.165, 1.54) is 30.3 Å². The first-order valence-corrected chi connectivity index (χ1v) is 5.74. The van der Waals surface area contributed by atoms with Gasteiger partial charge in [-0.3, -0.25) is 4.90 Å². The number of phenols is 2. The lowest BCUT2D eigenvalue weighted by atomic mass is 10.2. The van der Waals surface area contributed by atoms with Crippen molar-refractivity contribution in [1.29, 1.82) is 0 Å². The van der Waals surface area contributed by atoms with E-state index in [9.17, 15) is 15.0 Å². The summed E-state index contributed by atoms with van der Waals surface area (Å²) in [7, 11) is 0. The van der Waals surface area contributed by atoms with Crippen LogP contribution in [0.3, 0.4) is 0 Å². The summed E-state index contributed by atoms with van der Waals surface area (Å²) in [5.74, 6) is -0.313. The fraction of sp³-hybridized carbons (Fsp3) is 0. The quantitative estimate of drug-likeness (QED) is 0.789. The molecule has 0 unspecified atom stereocenters. The monoisotopic (exact) mass is 278 g/mol. The van der Waals surface area contributed by atoms with E-state index < -0.39 is 6.03 Å². The number of benzene rings is 2. The Hall–Kier alpha value is -2.40. The van der Waals surface area contributed by atoms with Crippen molar-refractivity contribution in [3.63, 3.8) is 0 Å². The van der Waals surface area contributed by atoms with Crippen molar-refractivity contribution in [1.82, 2.24) is 0 Å². The van der Waals surface area contributed by atoms with Crippen LogP contribution < -0.4 is 10.6 Å². The molecule has 0 saturated heterocycles. The van der Waals surface area contributed by atoms with Gasteiger partial charge in [-0.05, 0) is 30.3 Å². The van der Waals surface area contributed by atoms with Crippen LogP contribution in [0.15, 0.2) is 42.5 Å². The van der Waals surface area contributed by atoms with Crippen molar-refractivity contribution in [3.8, 4) is 11.5 Å². The molecule has 0 bridgehead atoms. The van der Waals surface area contributed by atoms with Gasteiger partial charge in [-0.15, -0.1) is 0 Å². The lowest BCUT2D eigenvalue weighted by molar-refractivity contribution is 0.255. The molecule has 5 nitrogen and oxygen atoms in total. The van der Waals surface area contributed by atoms with Gasteiger partial charge in [0.05, 0.1) is 11.4 Å². The number of carbonyl (C=O) groups excluding carboxylic acids is 1. The van der Waals surface area contributed by atoms with E-state index in [0.717, 1.165) is 4.90 Å². The number of nitrogens with two attached hydrogens (primary N) is 1. The summed E-state index contributed by atoms with van der Waals surface area (Å²) in [5.41, 5.74) is 5.57. The van der Waals surface area contributed by atoms with E-state index in [-0.39, 0.29) is 22.9 Å². The molecule has 0 radical (unpaired) electrons. The average molecular weight is 279 g/mol. The molecule has 0 aliphatic carbocycles. The largest absolute Gasteiger partial charge is 0.506 e. The zero-order valence-corrected chi connectivity index (χ0v) is 10.5. The number of carbonyl (C=O) groups is 1. The summed E-state index contributed by atoms with van der Waals surface area (Å²) in [5, 5.41) is 19.9. The predicted octanol–water partition coefficient (Wildman–Crippen LogP) is 2.97. The molecular formula is C13H11ClN2O3. The van der Waals surface area contributed by atoms with Crippen LogP contribution in [0.2, 0.25) is 5.02 Å². The van der Waals surface area contributed by atoms with Gasteiger partial charge in [0.25, 0.3) is 0 Å². The van der Waals surface area contributed by atoms with Crippen LogP contribution in [0, 0.1) is 0 Å². The molecule has 0 spiro atoms. The maximum absolute atomic E-state index is 11.6. The first-order valence-electron chi connectivity index (χ1n) is 5.37. The van der Waals surface area contributed by atoms with Crippen molar-refractivity contribution < 1.29 is 15.0 Å². The predicted molar refractivity (Wildman–Crippen MR) is 72.9 cm³/mol. The van der Waals surface area contributed by atoms with Crippen molar-refractivity contribution in [2.24, 2.45) is 5.73 Å². The molecule has 2 aromatic carbocycles. The minimum Gasteiger partial charge on any atom is -0.506 e. The first kappa shape index (κ1) is 13.0. The third-order valence-corrected chi connectivity index (χ3v) is 2.76. The Kier molecular flexibility index (Phi) is 3.48. The Bertz CT molecular complexity index is 631. The molecule has 0 aliphatic heterocycles. The Balaban J connectivity index is 2.62. The molecule has 0 atom stereocenters. The summed E-state index contributed by atoms with van der Waals surface area (Å²) in [6.45, 7) is 0. The SMILES string of the molecule is NC(=O)N(c1ccccc1O)c1cc(Cl)ccc1O. The van der Waals surface area contributed by atoms with E-state index in [1.807, 2.05) is 0 Å². The molecule has 0 aromatic heterocycles. The minimum absolute atomic E-state index is 0.0986. The molecular weight excluding hydrogens is 268 g/mol. The molecule has 98 valence electrons. The van der Waals surface area contributed by atoms with Crippen LogP contribution in [0.25, 0.3) is 0 Å². The highest BCUT2D eigenvalue weighted by Gasteiger charge is 2.21. The lowest BCUT2D eigenvalue weighted by Crippen LogP contribution is -2.31. The number of para-hydroxylation sites is 2. The highest BCUT2D eigenvalue weighted by Crippen LogP contribution is 2.38. The van der Waals surface area contributed by atoms with Gasteiger partial charge in [0.2, 0.25) is 0 Å². The first-order chi connectivity index (χ1) is 9.00. The third-order valence-electron chi connectivity index (χ3n) is 2.52. The number of halogens is 1. The lowest BCUT2D eigenvalue weighted by Gasteiger charge is -2.22. The smallest absolute Gasteiger partial charge is 0.324 e. The highest BCUT2D eigenvalue weighted by molar-refractivity contribution is 6.31. The number of amides is 2. The number of hydrogen-bond acceptors (Lipinski definition) is 3. The minimum atomic E-state index is -0.848. The molecule has 2 rings (SSSR count). The maximum atomic E-state index is 11.6. The van der Waals surface area contributed by atoms with Gasteiger partial charge in [0.1, 0.15) is 11.5 Å².